The molecule has 0 bridgehead atoms. The van der Waals surface area contributed by atoms with E-state index in [-0.39, 0.29) is 19.2 Å². The molecule has 0 amide bonds. The average molecular weight is 312 g/mol. The van der Waals surface area contributed by atoms with Gasteiger partial charge in [-0.05, 0) is 30.4 Å². The maximum atomic E-state index is 12.4. The third-order valence-electron chi connectivity index (χ3n) is 3.98. The molecule has 1 unspecified atom stereocenters. The minimum Gasteiger partial charge on any atom is -0.395 e. The topological polar surface area (TPSA) is 69.6 Å². The Bertz CT molecular complexity index is 543. The lowest BCUT2D eigenvalue weighted by molar-refractivity contribution is 0.154. The second-order valence-corrected chi connectivity index (χ2v) is 7.15. The Hall–Kier alpha value is -0.950. The molecule has 1 saturated heterocycles. The Morgan fingerprint density at radius 2 is 1.90 bits per heavy atom. The molecule has 2 rings (SSSR count). The van der Waals surface area contributed by atoms with Crippen LogP contribution in [0.5, 0.6) is 0 Å². The van der Waals surface area contributed by atoms with Crippen molar-refractivity contribution in [1.82, 2.24) is 9.03 Å². The molecule has 2 N–H and O–H groups in total. The van der Waals surface area contributed by atoms with Crippen LogP contribution < -0.4 is 4.72 Å². The first kappa shape index (κ1) is 16.4. The van der Waals surface area contributed by atoms with Crippen molar-refractivity contribution in [2.24, 2.45) is 0 Å². The molecule has 0 spiro atoms. The first-order valence-electron chi connectivity index (χ1n) is 7.52. The first-order valence-corrected chi connectivity index (χ1v) is 8.96. The van der Waals surface area contributed by atoms with Gasteiger partial charge in [0.2, 0.25) is 0 Å². The van der Waals surface area contributed by atoms with Crippen LogP contribution in [0.3, 0.4) is 0 Å². The number of hydrogen-bond acceptors (Lipinski definition) is 3. The summed E-state index contributed by atoms with van der Waals surface area (Å²) in [6.07, 6.45) is 3.51. The SMILES string of the molecule is CCc1ccc(CNS(=O)(=O)N2CCCCC2CO)cc1. The maximum Gasteiger partial charge on any atom is 0.280 e. The second kappa shape index (κ2) is 7.35. The molecule has 1 aliphatic rings. The predicted octanol–water partition coefficient (Wildman–Crippen LogP) is 1.43. The van der Waals surface area contributed by atoms with Crippen molar-refractivity contribution >= 4 is 10.2 Å². The van der Waals surface area contributed by atoms with E-state index >= 15 is 0 Å². The van der Waals surface area contributed by atoms with Gasteiger partial charge in [-0.3, -0.25) is 0 Å². The maximum absolute atomic E-state index is 12.4. The summed E-state index contributed by atoms with van der Waals surface area (Å²) >= 11 is 0. The molecule has 0 aromatic heterocycles. The molecule has 1 aliphatic heterocycles. The van der Waals surface area contributed by atoms with Gasteiger partial charge >= 0.3 is 0 Å². The molecule has 5 nitrogen and oxygen atoms in total. The molecule has 0 radical (unpaired) electrons. The van der Waals surface area contributed by atoms with Crippen molar-refractivity contribution < 1.29 is 13.5 Å². The van der Waals surface area contributed by atoms with Crippen molar-refractivity contribution in [3.05, 3.63) is 35.4 Å². The van der Waals surface area contributed by atoms with Crippen LogP contribution in [-0.4, -0.2) is 37.0 Å². The lowest BCUT2D eigenvalue weighted by atomic mass is 10.1. The Kier molecular flexibility index (Phi) is 5.75. The van der Waals surface area contributed by atoms with Gasteiger partial charge in [0.25, 0.3) is 10.2 Å². The van der Waals surface area contributed by atoms with Crippen LogP contribution >= 0.6 is 0 Å². The molecule has 0 aliphatic carbocycles. The summed E-state index contributed by atoms with van der Waals surface area (Å²) in [6.45, 7) is 2.73. The minimum atomic E-state index is -3.54. The van der Waals surface area contributed by atoms with Crippen molar-refractivity contribution in [3.8, 4) is 0 Å². The zero-order chi connectivity index (χ0) is 15.3. The fraction of sp³-hybridized carbons (Fsp3) is 0.600. The van der Waals surface area contributed by atoms with Crippen LogP contribution in [0.1, 0.15) is 37.3 Å². The zero-order valence-electron chi connectivity index (χ0n) is 12.5. The average Bonchev–Trinajstić information content (AvgIpc) is 2.53. The Labute approximate surface area is 127 Å². The lowest BCUT2D eigenvalue weighted by Gasteiger charge is -2.33. The molecule has 0 saturated carbocycles. The predicted molar refractivity (Wildman–Crippen MR) is 83.0 cm³/mol. The standard InChI is InChI=1S/C15H24N2O3S/c1-2-13-6-8-14(9-7-13)11-16-21(19,20)17-10-4-3-5-15(17)12-18/h6-9,15-16,18H,2-5,10-12H2,1H3. The number of nitrogens with zero attached hydrogens (tertiary/aromatic N) is 1. The van der Waals surface area contributed by atoms with Gasteiger partial charge in [-0.2, -0.15) is 17.4 Å². The molecule has 1 aromatic rings. The number of rotatable bonds is 6. The molecule has 118 valence electrons. The Morgan fingerprint density at radius 1 is 1.24 bits per heavy atom. The van der Waals surface area contributed by atoms with Gasteiger partial charge < -0.3 is 5.11 Å². The summed E-state index contributed by atoms with van der Waals surface area (Å²) in [6, 6.07) is 7.63. The fourth-order valence-corrected chi connectivity index (χ4v) is 4.07. The molecule has 1 aromatic carbocycles. The molecule has 6 heteroatoms. The third-order valence-corrected chi connectivity index (χ3v) is 5.59. The van der Waals surface area contributed by atoms with E-state index in [0.717, 1.165) is 31.2 Å². The summed E-state index contributed by atoms with van der Waals surface area (Å²) in [7, 11) is -3.54. The van der Waals surface area contributed by atoms with Crippen LogP contribution in [0.4, 0.5) is 0 Å². The van der Waals surface area contributed by atoms with E-state index in [1.54, 1.807) is 0 Å². The number of aryl methyl sites for hydroxylation is 1. The molecule has 1 atom stereocenters. The van der Waals surface area contributed by atoms with Crippen LogP contribution in [0.2, 0.25) is 0 Å². The first-order chi connectivity index (χ1) is 10.1. The van der Waals surface area contributed by atoms with Gasteiger partial charge in [0, 0.05) is 19.1 Å². The van der Waals surface area contributed by atoms with E-state index in [2.05, 4.69) is 11.6 Å². The summed E-state index contributed by atoms with van der Waals surface area (Å²) in [5, 5.41) is 9.33. The lowest BCUT2D eigenvalue weighted by Crippen LogP contribution is -2.50. The van der Waals surface area contributed by atoms with Gasteiger partial charge in [0.05, 0.1) is 6.61 Å². The summed E-state index contributed by atoms with van der Waals surface area (Å²) in [5.41, 5.74) is 2.17. The Morgan fingerprint density at radius 3 is 2.52 bits per heavy atom. The van der Waals surface area contributed by atoms with E-state index in [0.29, 0.717) is 6.54 Å². The van der Waals surface area contributed by atoms with Gasteiger partial charge in [0.1, 0.15) is 0 Å². The van der Waals surface area contributed by atoms with Crippen LogP contribution in [0.25, 0.3) is 0 Å². The highest BCUT2D eigenvalue weighted by Gasteiger charge is 2.31. The molecule has 1 heterocycles. The Balaban J connectivity index is 1.99. The molecular formula is C15H24N2O3S. The largest absolute Gasteiger partial charge is 0.395 e. The fourth-order valence-electron chi connectivity index (χ4n) is 2.62. The van der Waals surface area contributed by atoms with Crippen molar-refractivity contribution in [2.45, 2.75) is 45.2 Å². The van der Waals surface area contributed by atoms with Crippen molar-refractivity contribution in [2.75, 3.05) is 13.2 Å². The zero-order valence-corrected chi connectivity index (χ0v) is 13.3. The van der Waals surface area contributed by atoms with Gasteiger partial charge in [0.15, 0.2) is 0 Å². The monoisotopic (exact) mass is 312 g/mol. The van der Waals surface area contributed by atoms with E-state index in [9.17, 15) is 13.5 Å². The third kappa shape index (κ3) is 4.26. The number of aliphatic hydroxyl groups is 1. The second-order valence-electron chi connectivity index (χ2n) is 5.44. The van der Waals surface area contributed by atoms with E-state index in [4.69, 9.17) is 0 Å². The highest BCUT2D eigenvalue weighted by Crippen LogP contribution is 2.19. The highest BCUT2D eigenvalue weighted by molar-refractivity contribution is 7.87. The molecule has 1 fully saturated rings. The normalized spacial score (nSPS) is 20.6. The summed E-state index contributed by atoms with van der Waals surface area (Å²) < 4.78 is 28.7. The van der Waals surface area contributed by atoms with Crippen molar-refractivity contribution in [1.29, 1.82) is 0 Å². The van der Waals surface area contributed by atoms with E-state index in [1.807, 2.05) is 24.3 Å². The number of hydrogen-bond donors (Lipinski definition) is 2. The number of piperidine rings is 1. The smallest absolute Gasteiger partial charge is 0.280 e. The summed E-state index contributed by atoms with van der Waals surface area (Å²) in [4.78, 5) is 0. The van der Waals surface area contributed by atoms with Crippen LogP contribution in [-0.2, 0) is 23.2 Å². The van der Waals surface area contributed by atoms with Crippen LogP contribution in [0, 0.1) is 0 Å². The molecule has 21 heavy (non-hydrogen) atoms. The van der Waals surface area contributed by atoms with Gasteiger partial charge in [-0.1, -0.05) is 37.6 Å². The van der Waals surface area contributed by atoms with E-state index < -0.39 is 10.2 Å². The number of benzene rings is 1. The van der Waals surface area contributed by atoms with Crippen LogP contribution in [0.15, 0.2) is 24.3 Å². The quantitative estimate of drug-likeness (QED) is 0.835. The molecular weight excluding hydrogens is 288 g/mol. The van der Waals surface area contributed by atoms with Gasteiger partial charge in [-0.25, -0.2) is 0 Å². The van der Waals surface area contributed by atoms with Gasteiger partial charge in [-0.15, -0.1) is 0 Å². The minimum absolute atomic E-state index is 0.119. The highest BCUT2D eigenvalue weighted by atomic mass is 32.2. The van der Waals surface area contributed by atoms with E-state index in [1.165, 1.54) is 9.87 Å². The number of aliphatic hydroxyl groups excluding tert-OH is 1. The van der Waals surface area contributed by atoms with Crippen molar-refractivity contribution in [3.63, 3.8) is 0 Å². The number of nitrogens with one attached hydrogen (secondary N) is 1. The summed E-state index contributed by atoms with van der Waals surface area (Å²) in [5.74, 6) is 0.